The lowest BCUT2D eigenvalue weighted by Gasteiger charge is -2.14. The molecule has 1 unspecified atom stereocenters. The fourth-order valence-corrected chi connectivity index (χ4v) is 1.07. The molecule has 1 atom stereocenters. The molecule has 0 fully saturated rings. The van der Waals surface area contributed by atoms with Gasteiger partial charge >= 0.3 is 6.18 Å². The number of carbonyl (C=O) groups is 1. The van der Waals surface area contributed by atoms with Gasteiger partial charge in [0.15, 0.2) is 0 Å². The Labute approximate surface area is 75.3 Å². The Hall–Kier alpha value is -0.740. The number of hydrogen-bond acceptors (Lipinski definition) is 1. The van der Waals surface area contributed by atoms with Crippen molar-refractivity contribution in [2.75, 3.05) is 0 Å². The van der Waals surface area contributed by atoms with Crippen molar-refractivity contribution in [2.24, 2.45) is 11.7 Å². The minimum Gasteiger partial charge on any atom is -0.369 e. The Kier molecular flexibility index (Phi) is 4.80. The largest absolute Gasteiger partial charge is 0.389 e. The molecule has 0 saturated heterocycles. The van der Waals surface area contributed by atoms with E-state index in [0.29, 0.717) is 6.42 Å². The van der Waals surface area contributed by atoms with Gasteiger partial charge in [-0.15, -0.1) is 0 Å². The summed E-state index contributed by atoms with van der Waals surface area (Å²) in [4.78, 5) is 10.6. The van der Waals surface area contributed by atoms with Crippen LogP contribution < -0.4 is 5.73 Å². The quantitative estimate of drug-likeness (QED) is 0.721. The molecule has 2 nitrogen and oxygen atoms in total. The fraction of sp³-hybridized carbons (Fsp3) is 0.875. The van der Waals surface area contributed by atoms with Gasteiger partial charge in [0.25, 0.3) is 0 Å². The maximum atomic E-state index is 11.9. The Morgan fingerprint density at radius 3 is 2.31 bits per heavy atom. The van der Waals surface area contributed by atoms with E-state index in [2.05, 4.69) is 0 Å². The number of halogens is 3. The van der Waals surface area contributed by atoms with Gasteiger partial charge in [0.05, 0.1) is 6.42 Å². The summed E-state index contributed by atoms with van der Waals surface area (Å²) in [5.41, 5.74) is 4.85. The van der Waals surface area contributed by atoms with Crippen LogP contribution in [0.2, 0.25) is 0 Å². The van der Waals surface area contributed by atoms with Crippen LogP contribution in [0.5, 0.6) is 0 Å². The van der Waals surface area contributed by atoms with E-state index in [0.717, 1.165) is 6.42 Å². The Balaban J connectivity index is 4.03. The second-order valence-electron chi connectivity index (χ2n) is 3.06. The number of alkyl halides is 3. The third kappa shape index (κ3) is 6.42. The van der Waals surface area contributed by atoms with Crippen LogP contribution in [-0.2, 0) is 4.79 Å². The zero-order valence-corrected chi connectivity index (χ0v) is 7.53. The van der Waals surface area contributed by atoms with E-state index < -0.39 is 24.4 Å². The maximum Gasteiger partial charge on any atom is 0.389 e. The number of unbranched alkanes of at least 4 members (excludes halogenated alkanes) is 1. The molecule has 0 aromatic carbocycles. The smallest absolute Gasteiger partial charge is 0.369 e. The number of hydrogen-bond donors (Lipinski definition) is 1. The van der Waals surface area contributed by atoms with Crippen LogP contribution >= 0.6 is 0 Å². The lowest BCUT2D eigenvalue weighted by molar-refractivity contribution is -0.153. The first-order valence-electron chi connectivity index (χ1n) is 4.23. The van der Waals surface area contributed by atoms with Crippen molar-refractivity contribution in [1.82, 2.24) is 0 Å². The zero-order valence-electron chi connectivity index (χ0n) is 7.53. The molecular formula is C8H14F3NO. The van der Waals surface area contributed by atoms with E-state index in [1.54, 1.807) is 0 Å². The average molecular weight is 197 g/mol. The highest BCUT2D eigenvalue weighted by Crippen LogP contribution is 2.27. The highest BCUT2D eigenvalue weighted by atomic mass is 19.4. The topological polar surface area (TPSA) is 43.1 Å². The van der Waals surface area contributed by atoms with Gasteiger partial charge in [0, 0.05) is 5.92 Å². The van der Waals surface area contributed by atoms with E-state index in [1.807, 2.05) is 6.92 Å². The molecule has 0 radical (unpaired) electrons. The first-order valence-corrected chi connectivity index (χ1v) is 4.23. The third-order valence-electron chi connectivity index (χ3n) is 1.79. The van der Waals surface area contributed by atoms with Crippen molar-refractivity contribution in [3.63, 3.8) is 0 Å². The van der Waals surface area contributed by atoms with Crippen molar-refractivity contribution in [2.45, 2.75) is 38.8 Å². The normalized spacial score (nSPS) is 14.2. The predicted octanol–water partition coefficient (Wildman–Crippen LogP) is 2.23. The summed E-state index contributed by atoms with van der Waals surface area (Å²) < 4.78 is 35.7. The number of nitrogens with two attached hydrogens (primary N) is 1. The van der Waals surface area contributed by atoms with Gasteiger partial charge in [0.2, 0.25) is 5.91 Å². The van der Waals surface area contributed by atoms with Crippen LogP contribution in [0.1, 0.15) is 32.6 Å². The summed E-state index contributed by atoms with van der Waals surface area (Å²) >= 11 is 0. The van der Waals surface area contributed by atoms with E-state index >= 15 is 0 Å². The summed E-state index contributed by atoms with van der Waals surface area (Å²) in [6, 6.07) is 0. The van der Waals surface area contributed by atoms with Gasteiger partial charge in [-0.25, -0.2) is 0 Å². The summed E-state index contributed by atoms with van der Waals surface area (Å²) in [5, 5.41) is 0. The lowest BCUT2D eigenvalue weighted by Crippen LogP contribution is -2.28. The molecule has 5 heteroatoms. The van der Waals surface area contributed by atoms with E-state index in [-0.39, 0.29) is 6.42 Å². The molecule has 13 heavy (non-hydrogen) atoms. The summed E-state index contributed by atoms with van der Waals surface area (Å²) in [6.45, 7) is 1.85. The van der Waals surface area contributed by atoms with E-state index in [1.165, 1.54) is 0 Å². The fourth-order valence-electron chi connectivity index (χ4n) is 1.07. The molecule has 0 aliphatic carbocycles. The van der Waals surface area contributed by atoms with Crippen molar-refractivity contribution >= 4 is 5.91 Å². The molecular weight excluding hydrogens is 183 g/mol. The molecule has 0 aliphatic heterocycles. The van der Waals surface area contributed by atoms with Crippen LogP contribution in [0.4, 0.5) is 13.2 Å². The molecule has 78 valence electrons. The second-order valence-corrected chi connectivity index (χ2v) is 3.06. The van der Waals surface area contributed by atoms with Crippen molar-refractivity contribution in [1.29, 1.82) is 0 Å². The summed E-state index contributed by atoms with van der Waals surface area (Å²) in [7, 11) is 0. The van der Waals surface area contributed by atoms with Crippen LogP contribution in [0, 0.1) is 5.92 Å². The SMILES string of the molecule is CCCCC(CC(F)(F)F)C(N)=O. The van der Waals surface area contributed by atoms with Gasteiger partial charge in [-0.1, -0.05) is 19.8 Å². The predicted molar refractivity (Wildman–Crippen MR) is 42.9 cm³/mol. The molecule has 0 bridgehead atoms. The maximum absolute atomic E-state index is 11.9. The third-order valence-corrected chi connectivity index (χ3v) is 1.79. The summed E-state index contributed by atoms with van der Waals surface area (Å²) in [6.07, 6.45) is -3.80. The number of carbonyl (C=O) groups excluding carboxylic acids is 1. The minimum absolute atomic E-state index is 0.228. The van der Waals surface area contributed by atoms with Gasteiger partial charge in [-0.2, -0.15) is 13.2 Å². The first kappa shape index (κ1) is 12.3. The molecule has 0 aromatic rings. The second kappa shape index (κ2) is 5.09. The van der Waals surface area contributed by atoms with Crippen molar-refractivity contribution in [3.8, 4) is 0 Å². The average Bonchev–Trinajstić information content (AvgIpc) is 1.95. The highest BCUT2D eigenvalue weighted by molar-refractivity contribution is 5.76. The van der Waals surface area contributed by atoms with Gasteiger partial charge in [0.1, 0.15) is 0 Å². The van der Waals surface area contributed by atoms with Crippen LogP contribution in [0.25, 0.3) is 0 Å². The molecule has 0 aliphatic rings. The molecule has 1 amide bonds. The minimum atomic E-state index is -4.30. The zero-order chi connectivity index (χ0) is 10.5. The summed E-state index contributed by atoms with van der Waals surface area (Å²) in [5.74, 6) is -1.91. The van der Waals surface area contributed by atoms with Crippen molar-refractivity contribution in [3.05, 3.63) is 0 Å². The van der Waals surface area contributed by atoms with Crippen LogP contribution in [0.3, 0.4) is 0 Å². The standard InChI is InChI=1S/C8H14F3NO/c1-2-3-4-6(7(12)13)5-8(9,10)11/h6H,2-5H2,1H3,(H2,12,13). The van der Waals surface area contributed by atoms with Gasteiger partial charge < -0.3 is 5.73 Å². The molecule has 0 aromatic heterocycles. The molecule has 0 rings (SSSR count). The van der Waals surface area contributed by atoms with Gasteiger partial charge in [-0.05, 0) is 6.42 Å². The Morgan fingerprint density at radius 1 is 1.46 bits per heavy atom. The molecule has 0 saturated carbocycles. The van der Waals surface area contributed by atoms with E-state index in [4.69, 9.17) is 5.73 Å². The molecule has 0 spiro atoms. The lowest BCUT2D eigenvalue weighted by atomic mass is 9.98. The number of amides is 1. The Bertz CT molecular complexity index is 167. The number of rotatable bonds is 5. The van der Waals surface area contributed by atoms with Gasteiger partial charge in [-0.3, -0.25) is 4.79 Å². The molecule has 0 heterocycles. The van der Waals surface area contributed by atoms with E-state index in [9.17, 15) is 18.0 Å². The van der Waals surface area contributed by atoms with Crippen molar-refractivity contribution < 1.29 is 18.0 Å². The Morgan fingerprint density at radius 2 is 2.00 bits per heavy atom. The highest BCUT2D eigenvalue weighted by Gasteiger charge is 2.33. The van der Waals surface area contributed by atoms with Crippen LogP contribution in [-0.4, -0.2) is 12.1 Å². The number of primary amides is 1. The molecule has 2 N–H and O–H groups in total. The first-order chi connectivity index (χ1) is 5.87. The van der Waals surface area contributed by atoms with Crippen LogP contribution in [0.15, 0.2) is 0 Å². The monoisotopic (exact) mass is 197 g/mol.